The molecule has 0 aromatic carbocycles. The van der Waals surface area contributed by atoms with Crippen LogP contribution in [0.3, 0.4) is 0 Å². The number of hydrogen-bond acceptors (Lipinski definition) is 4. The van der Waals surface area contributed by atoms with Gasteiger partial charge in [-0.05, 0) is 34.6 Å². The van der Waals surface area contributed by atoms with Gasteiger partial charge >= 0.3 is 0 Å². The van der Waals surface area contributed by atoms with Gasteiger partial charge in [-0.3, -0.25) is 0 Å². The number of hydrogen-bond donors (Lipinski definition) is 0. The van der Waals surface area contributed by atoms with Crippen molar-refractivity contribution in [1.29, 1.82) is 5.26 Å². The monoisotopic (exact) mass is 211 g/mol. The van der Waals surface area contributed by atoms with Crippen molar-refractivity contribution in [2.24, 2.45) is 10.2 Å². The van der Waals surface area contributed by atoms with E-state index in [1.165, 1.54) is 0 Å². The van der Waals surface area contributed by atoms with Crippen molar-refractivity contribution in [2.75, 3.05) is 7.11 Å². The standard InChI is InChI=1S/C11H21N3O/c1-9(2)13-14-11(5,8-12)7-10(3,4)15-6/h9H,7H2,1-6H3. The molecule has 0 rings (SSSR count). The second kappa shape index (κ2) is 5.22. The molecular formula is C11H21N3O. The molecule has 0 aliphatic heterocycles. The van der Waals surface area contributed by atoms with Crippen LogP contribution in [-0.4, -0.2) is 24.3 Å². The van der Waals surface area contributed by atoms with Gasteiger partial charge in [0.1, 0.15) is 0 Å². The van der Waals surface area contributed by atoms with E-state index in [2.05, 4.69) is 16.3 Å². The van der Waals surface area contributed by atoms with Crippen LogP contribution in [0.1, 0.15) is 41.0 Å². The van der Waals surface area contributed by atoms with Gasteiger partial charge < -0.3 is 4.74 Å². The predicted molar refractivity (Wildman–Crippen MR) is 59.7 cm³/mol. The van der Waals surface area contributed by atoms with Crippen LogP contribution < -0.4 is 0 Å². The van der Waals surface area contributed by atoms with Gasteiger partial charge in [-0.2, -0.15) is 15.5 Å². The average Bonchev–Trinajstić information content (AvgIpc) is 2.14. The van der Waals surface area contributed by atoms with Crippen LogP contribution in [0.25, 0.3) is 0 Å². The van der Waals surface area contributed by atoms with E-state index in [-0.39, 0.29) is 11.6 Å². The number of azo groups is 1. The zero-order valence-electron chi connectivity index (χ0n) is 10.5. The quantitative estimate of drug-likeness (QED) is 0.656. The van der Waals surface area contributed by atoms with Gasteiger partial charge in [-0.15, -0.1) is 0 Å². The van der Waals surface area contributed by atoms with Crippen LogP contribution >= 0.6 is 0 Å². The lowest BCUT2D eigenvalue weighted by Gasteiger charge is -2.28. The summed E-state index contributed by atoms with van der Waals surface area (Å²) in [4.78, 5) is 0. The molecule has 0 radical (unpaired) electrons. The van der Waals surface area contributed by atoms with Crippen molar-refractivity contribution < 1.29 is 4.74 Å². The summed E-state index contributed by atoms with van der Waals surface area (Å²) in [6, 6.07) is 2.30. The maximum Gasteiger partial charge on any atom is 0.167 e. The van der Waals surface area contributed by atoms with Crippen LogP contribution in [0.15, 0.2) is 10.2 Å². The zero-order chi connectivity index (χ0) is 12.1. The van der Waals surface area contributed by atoms with Gasteiger partial charge in [-0.1, -0.05) is 0 Å². The molecule has 15 heavy (non-hydrogen) atoms. The molecule has 0 aromatic heterocycles. The fourth-order valence-corrected chi connectivity index (χ4v) is 1.24. The Labute approximate surface area is 92.3 Å². The maximum absolute atomic E-state index is 9.10. The molecule has 0 aliphatic rings. The summed E-state index contributed by atoms with van der Waals surface area (Å²) >= 11 is 0. The van der Waals surface area contributed by atoms with E-state index in [0.29, 0.717) is 6.42 Å². The Bertz CT molecular complexity index is 265. The minimum absolute atomic E-state index is 0.114. The van der Waals surface area contributed by atoms with Crippen molar-refractivity contribution in [1.82, 2.24) is 0 Å². The Kier molecular flexibility index (Phi) is 4.89. The smallest absolute Gasteiger partial charge is 0.167 e. The minimum atomic E-state index is -0.802. The fraction of sp³-hybridized carbons (Fsp3) is 0.909. The van der Waals surface area contributed by atoms with E-state index in [1.54, 1.807) is 14.0 Å². The van der Waals surface area contributed by atoms with Crippen LogP contribution in [0.4, 0.5) is 0 Å². The number of nitrogens with zero attached hydrogens (tertiary/aromatic N) is 3. The molecule has 0 aromatic rings. The molecule has 0 saturated heterocycles. The Balaban J connectivity index is 4.67. The average molecular weight is 211 g/mol. The Hall–Kier alpha value is -0.950. The third-order valence-corrected chi connectivity index (χ3v) is 2.07. The molecule has 0 bridgehead atoms. The van der Waals surface area contributed by atoms with Crippen LogP contribution in [0, 0.1) is 11.3 Å². The first-order valence-electron chi connectivity index (χ1n) is 5.13. The molecule has 4 heteroatoms. The van der Waals surface area contributed by atoms with E-state index in [9.17, 15) is 0 Å². The Morgan fingerprint density at radius 1 is 1.33 bits per heavy atom. The first kappa shape index (κ1) is 14.1. The van der Waals surface area contributed by atoms with Gasteiger partial charge in [0.15, 0.2) is 5.54 Å². The second-order valence-corrected chi connectivity index (χ2v) is 4.84. The minimum Gasteiger partial charge on any atom is -0.379 e. The topological polar surface area (TPSA) is 57.7 Å². The van der Waals surface area contributed by atoms with Crippen LogP contribution in [0.5, 0.6) is 0 Å². The van der Waals surface area contributed by atoms with Crippen molar-refractivity contribution in [3.8, 4) is 6.07 Å². The lowest BCUT2D eigenvalue weighted by Crippen LogP contribution is -2.34. The summed E-state index contributed by atoms with van der Waals surface area (Å²) in [5.41, 5.74) is -1.16. The van der Waals surface area contributed by atoms with Crippen molar-refractivity contribution >= 4 is 0 Å². The highest BCUT2D eigenvalue weighted by Gasteiger charge is 2.32. The number of methoxy groups -OCH3 is 1. The molecule has 0 fully saturated rings. The van der Waals surface area contributed by atoms with Crippen molar-refractivity contribution in [3.05, 3.63) is 0 Å². The third-order valence-electron chi connectivity index (χ3n) is 2.07. The third kappa shape index (κ3) is 5.48. The molecule has 1 atom stereocenters. The van der Waals surface area contributed by atoms with E-state index < -0.39 is 5.54 Å². The van der Waals surface area contributed by atoms with Crippen molar-refractivity contribution in [2.45, 2.75) is 58.2 Å². The molecule has 0 saturated carbocycles. The summed E-state index contributed by atoms with van der Waals surface area (Å²) < 4.78 is 5.29. The Morgan fingerprint density at radius 2 is 1.87 bits per heavy atom. The van der Waals surface area contributed by atoms with Gasteiger partial charge in [0.2, 0.25) is 0 Å². The number of nitriles is 1. The highest BCUT2D eigenvalue weighted by atomic mass is 16.5. The van der Waals surface area contributed by atoms with E-state index in [4.69, 9.17) is 10.00 Å². The van der Waals surface area contributed by atoms with Gasteiger partial charge in [0.25, 0.3) is 0 Å². The number of ether oxygens (including phenoxy) is 1. The summed E-state index contributed by atoms with van der Waals surface area (Å²) in [7, 11) is 1.64. The lowest BCUT2D eigenvalue weighted by molar-refractivity contribution is 0.00475. The van der Waals surface area contributed by atoms with Crippen LogP contribution in [-0.2, 0) is 4.74 Å². The molecule has 0 spiro atoms. The number of rotatable bonds is 5. The highest BCUT2D eigenvalue weighted by Crippen LogP contribution is 2.26. The molecule has 0 N–H and O–H groups in total. The molecule has 0 aliphatic carbocycles. The van der Waals surface area contributed by atoms with E-state index >= 15 is 0 Å². The predicted octanol–water partition coefficient (Wildman–Crippen LogP) is 2.94. The first-order chi connectivity index (χ1) is 6.74. The highest BCUT2D eigenvalue weighted by molar-refractivity contribution is 5.06. The first-order valence-corrected chi connectivity index (χ1v) is 5.13. The largest absolute Gasteiger partial charge is 0.379 e. The van der Waals surface area contributed by atoms with E-state index in [1.807, 2.05) is 27.7 Å². The van der Waals surface area contributed by atoms with Gasteiger partial charge in [0.05, 0.1) is 17.7 Å². The molecule has 86 valence electrons. The van der Waals surface area contributed by atoms with Gasteiger partial charge in [0, 0.05) is 13.5 Å². The summed E-state index contributed by atoms with van der Waals surface area (Å²) in [5.74, 6) is 0. The molecule has 0 amide bonds. The summed E-state index contributed by atoms with van der Waals surface area (Å²) in [6.45, 7) is 9.52. The van der Waals surface area contributed by atoms with Gasteiger partial charge in [-0.25, -0.2) is 0 Å². The normalized spacial score (nSPS) is 16.7. The molecular weight excluding hydrogens is 190 g/mol. The fourth-order valence-electron chi connectivity index (χ4n) is 1.24. The summed E-state index contributed by atoms with van der Waals surface area (Å²) in [6.07, 6.45) is 0.531. The lowest BCUT2D eigenvalue weighted by atomic mass is 9.90. The second-order valence-electron chi connectivity index (χ2n) is 4.84. The SMILES string of the molecule is COC(C)(C)CC(C)(C#N)N=NC(C)C. The van der Waals surface area contributed by atoms with Crippen molar-refractivity contribution in [3.63, 3.8) is 0 Å². The maximum atomic E-state index is 9.10. The van der Waals surface area contributed by atoms with Crippen LogP contribution in [0.2, 0.25) is 0 Å². The Morgan fingerprint density at radius 3 is 2.20 bits per heavy atom. The molecule has 1 unspecified atom stereocenters. The molecule has 4 nitrogen and oxygen atoms in total. The zero-order valence-corrected chi connectivity index (χ0v) is 10.5. The van der Waals surface area contributed by atoms with E-state index in [0.717, 1.165) is 0 Å². The molecule has 0 heterocycles. The summed E-state index contributed by atoms with van der Waals surface area (Å²) in [5, 5.41) is 17.2.